The number of benzene rings is 1. The van der Waals surface area contributed by atoms with E-state index in [0.717, 1.165) is 0 Å². The van der Waals surface area contributed by atoms with Crippen LogP contribution >= 0.6 is 0 Å². The van der Waals surface area contributed by atoms with Gasteiger partial charge in [-0.3, -0.25) is 4.79 Å². The smallest absolute Gasteiger partial charge is 0.387 e. The maximum atomic E-state index is 12.3. The van der Waals surface area contributed by atoms with Gasteiger partial charge in [0.05, 0.1) is 11.3 Å². The molecule has 0 radical (unpaired) electrons. The number of alkyl halides is 2. The van der Waals surface area contributed by atoms with Crippen molar-refractivity contribution in [3.63, 3.8) is 0 Å². The number of rotatable bonds is 5. The first kappa shape index (κ1) is 14.7. The van der Waals surface area contributed by atoms with Crippen LogP contribution in [0, 0.1) is 0 Å². The SMILES string of the molecule is CNc1ccc(C(=O)Nc2ccccc2OC(F)F)cn1. The molecule has 1 amide bonds. The Morgan fingerprint density at radius 3 is 2.62 bits per heavy atom. The van der Waals surface area contributed by atoms with Gasteiger partial charge in [-0.05, 0) is 24.3 Å². The van der Waals surface area contributed by atoms with Gasteiger partial charge in [0.1, 0.15) is 11.6 Å². The monoisotopic (exact) mass is 293 g/mol. The molecule has 0 saturated heterocycles. The molecule has 0 aliphatic heterocycles. The highest BCUT2D eigenvalue weighted by molar-refractivity contribution is 6.04. The first-order chi connectivity index (χ1) is 10.1. The molecule has 7 heteroatoms. The summed E-state index contributed by atoms with van der Waals surface area (Å²) in [5.41, 5.74) is 0.473. The van der Waals surface area contributed by atoms with Crippen molar-refractivity contribution in [3.8, 4) is 5.75 Å². The number of carbonyl (C=O) groups is 1. The fraction of sp³-hybridized carbons (Fsp3) is 0.143. The molecule has 0 aliphatic rings. The molecule has 1 aromatic carbocycles. The van der Waals surface area contributed by atoms with Gasteiger partial charge in [0, 0.05) is 13.2 Å². The van der Waals surface area contributed by atoms with Gasteiger partial charge in [-0.15, -0.1) is 0 Å². The molecule has 0 unspecified atom stereocenters. The second-order valence-corrected chi connectivity index (χ2v) is 4.01. The number of hydrogen-bond acceptors (Lipinski definition) is 4. The Bertz CT molecular complexity index is 618. The van der Waals surface area contributed by atoms with Crippen molar-refractivity contribution in [2.75, 3.05) is 17.7 Å². The lowest BCUT2D eigenvalue weighted by molar-refractivity contribution is -0.0493. The summed E-state index contributed by atoms with van der Waals surface area (Å²) in [6.45, 7) is -2.96. The molecular weight excluding hydrogens is 280 g/mol. The van der Waals surface area contributed by atoms with Crippen molar-refractivity contribution < 1.29 is 18.3 Å². The summed E-state index contributed by atoms with van der Waals surface area (Å²) in [5, 5.41) is 5.34. The number of amides is 1. The lowest BCUT2D eigenvalue weighted by Gasteiger charge is -2.11. The Labute approximate surface area is 120 Å². The van der Waals surface area contributed by atoms with Crippen molar-refractivity contribution in [2.45, 2.75) is 6.61 Å². The third-order valence-electron chi connectivity index (χ3n) is 2.63. The van der Waals surface area contributed by atoms with Crippen LogP contribution in [-0.2, 0) is 0 Å². The van der Waals surface area contributed by atoms with Gasteiger partial charge in [0.25, 0.3) is 5.91 Å². The molecule has 1 heterocycles. The molecule has 1 aromatic heterocycles. The number of anilines is 2. The van der Waals surface area contributed by atoms with Crippen molar-refractivity contribution in [2.24, 2.45) is 0 Å². The number of nitrogens with zero attached hydrogens (tertiary/aromatic N) is 1. The Morgan fingerprint density at radius 2 is 2.00 bits per heavy atom. The zero-order chi connectivity index (χ0) is 15.2. The standard InChI is InChI=1S/C14H13F2N3O2/c1-17-12-7-6-9(8-18-12)13(20)19-10-4-2-3-5-11(10)21-14(15)16/h2-8,14H,1H3,(H,17,18)(H,19,20). The number of pyridine rings is 1. The summed E-state index contributed by atoms with van der Waals surface area (Å²) in [6, 6.07) is 9.18. The van der Waals surface area contributed by atoms with E-state index in [1.807, 2.05) is 0 Å². The van der Waals surface area contributed by atoms with Crippen LogP contribution < -0.4 is 15.4 Å². The average molecular weight is 293 g/mol. The quantitative estimate of drug-likeness (QED) is 0.889. The zero-order valence-corrected chi connectivity index (χ0v) is 11.1. The van der Waals surface area contributed by atoms with Gasteiger partial charge in [-0.25, -0.2) is 4.98 Å². The zero-order valence-electron chi connectivity index (χ0n) is 11.1. The van der Waals surface area contributed by atoms with Crippen molar-refractivity contribution in [1.29, 1.82) is 0 Å². The maximum absolute atomic E-state index is 12.3. The third kappa shape index (κ3) is 3.88. The molecular formula is C14H13F2N3O2. The number of nitrogens with one attached hydrogen (secondary N) is 2. The van der Waals surface area contributed by atoms with E-state index >= 15 is 0 Å². The van der Waals surface area contributed by atoms with Crippen LogP contribution in [-0.4, -0.2) is 24.6 Å². The molecule has 0 fully saturated rings. The lowest BCUT2D eigenvalue weighted by Crippen LogP contribution is -2.14. The van der Waals surface area contributed by atoms with Crippen LogP contribution in [0.4, 0.5) is 20.3 Å². The molecule has 21 heavy (non-hydrogen) atoms. The molecule has 0 atom stereocenters. The van der Waals surface area contributed by atoms with Crippen LogP contribution in [0.25, 0.3) is 0 Å². The number of aromatic nitrogens is 1. The van der Waals surface area contributed by atoms with E-state index in [4.69, 9.17) is 0 Å². The minimum atomic E-state index is -2.96. The van der Waals surface area contributed by atoms with Crippen LogP contribution in [0.1, 0.15) is 10.4 Å². The minimum Gasteiger partial charge on any atom is -0.433 e. The topological polar surface area (TPSA) is 63.2 Å². The van der Waals surface area contributed by atoms with Crippen molar-refractivity contribution in [1.82, 2.24) is 4.98 Å². The summed E-state index contributed by atoms with van der Waals surface area (Å²) in [6.07, 6.45) is 1.39. The fourth-order valence-corrected chi connectivity index (χ4v) is 1.64. The summed E-state index contributed by atoms with van der Waals surface area (Å²) in [4.78, 5) is 16.0. The van der Waals surface area contributed by atoms with Crippen molar-refractivity contribution in [3.05, 3.63) is 48.2 Å². The molecule has 110 valence electrons. The van der Waals surface area contributed by atoms with Crippen LogP contribution in [0.2, 0.25) is 0 Å². The third-order valence-corrected chi connectivity index (χ3v) is 2.63. The lowest BCUT2D eigenvalue weighted by atomic mass is 10.2. The Hall–Kier alpha value is -2.70. The van der Waals surface area contributed by atoms with E-state index in [1.54, 1.807) is 25.2 Å². The normalized spacial score (nSPS) is 10.3. The Morgan fingerprint density at radius 1 is 1.24 bits per heavy atom. The number of carbonyl (C=O) groups excluding carboxylic acids is 1. The Balaban J connectivity index is 2.15. The van der Waals surface area contributed by atoms with Gasteiger partial charge in [-0.2, -0.15) is 8.78 Å². The van der Waals surface area contributed by atoms with E-state index in [0.29, 0.717) is 11.4 Å². The highest BCUT2D eigenvalue weighted by Gasteiger charge is 2.12. The predicted octanol–water partition coefficient (Wildman–Crippen LogP) is 2.98. The number of hydrogen-bond donors (Lipinski definition) is 2. The second-order valence-electron chi connectivity index (χ2n) is 4.01. The summed E-state index contributed by atoms with van der Waals surface area (Å²) >= 11 is 0. The van der Waals surface area contributed by atoms with Crippen molar-refractivity contribution >= 4 is 17.4 Å². The van der Waals surface area contributed by atoms with E-state index in [2.05, 4.69) is 20.4 Å². The van der Waals surface area contributed by atoms with E-state index in [1.165, 1.54) is 24.4 Å². The first-order valence-electron chi connectivity index (χ1n) is 6.09. The molecule has 2 N–H and O–H groups in total. The summed E-state index contributed by atoms with van der Waals surface area (Å²) < 4.78 is 28.9. The minimum absolute atomic E-state index is 0.0966. The molecule has 5 nitrogen and oxygen atoms in total. The molecule has 0 aliphatic carbocycles. The number of ether oxygens (including phenoxy) is 1. The van der Waals surface area contributed by atoms with Crippen LogP contribution in [0.5, 0.6) is 5.75 Å². The largest absolute Gasteiger partial charge is 0.433 e. The maximum Gasteiger partial charge on any atom is 0.387 e. The molecule has 0 saturated carbocycles. The number of halogens is 2. The second kappa shape index (κ2) is 6.65. The van der Waals surface area contributed by atoms with Gasteiger partial charge in [0.15, 0.2) is 0 Å². The van der Waals surface area contributed by atoms with E-state index < -0.39 is 12.5 Å². The van der Waals surface area contributed by atoms with Gasteiger partial charge >= 0.3 is 6.61 Å². The van der Waals surface area contributed by atoms with Crippen LogP contribution in [0.3, 0.4) is 0 Å². The average Bonchev–Trinajstić information content (AvgIpc) is 2.49. The van der Waals surface area contributed by atoms with E-state index in [9.17, 15) is 13.6 Å². The predicted molar refractivity (Wildman–Crippen MR) is 74.8 cm³/mol. The summed E-state index contributed by atoms with van der Waals surface area (Å²) in [7, 11) is 1.71. The van der Waals surface area contributed by atoms with Gasteiger partial charge in [0.2, 0.25) is 0 Å². The highest BCUT2D eigenvalue weighted by atomic mass is 19.3. The molecule has 0 bridgehead atoms. The first-order valence-corrected chi connectivity index (χ1v) is 6.09. The molecule has 0 spiro atoms. The fourth-order valence-electron chi connectivity index (χ4n) is 1.64. The molecule has 2 rings (SSSR count). The Kier molecular flexibility index (Phi) is 4.65. The van der Waals surface area contributed by atoms with E-state index in [-0.39, 0.29) is 11.4 Å². The highest BCUT2D eigenvalue weighted by Crippen LogP contribution is 2.25. The number of para-hydroxylation sites is 2. The van der Waals surface area contributed by atoms with Crippen LogP contribution in [0.15, 0.2) is 42.6 Å². The van der Waals surface area contributed by atoms with Gasteiger partial charge in [-0.1, -0.05) is 12.1 Å². The molecule has 2 aromatic rings. The summed E-state index contributed by atoms with van der Waals surface area (Å²) in [5.74, 6) is 0.0594. The van der Waals surface area contributed by atoms with Gasteiger partial charge < -0.3 is 15.4 Å².